The number of benzene rings is 1. The van der Waals surface area contributed by atoms with Crippen molar-refractivity contribution in [2.24, 2.45) is 0 Å². The Morgan fingerprint density at radius 2 is 2.25 bits per heavy atom. The molecule has 0 saturated heterocycles. The Bertz CT molecular complexity index is 309. The smallest absolute Gasteiger partial charge is 0.345 e. The summed E-state index contributed by atoms with van der Waals surface area (Å²) in [6.07, 6.45) is 0. The van der Waals surface area contributed by atoms with E-state index in [-0.39, 0.29) is 6.47 Å². The van der Waals surface area contributed by atoms with Crippen LogP contribution in [-0.2, 0) is 9.53 Å². The van der Waals surface area contributed by atoms with Crippen LogP contribution < -0.4 is 0 Å². The number of hydrogen-bond acceptors (Lipinski definition) is 3. The van der Waals surface area contributed by atoms with Crippen molar-refractivity contribution in [1.82, 2.24) is 0 Å². The molecule has 0 aliphatic heterocycles. The molecule has 0 unspecified atom stereocenters. The molecule has 0 radical (unpaired) electrons. The van der Waals surface area contributed by atoms with Crippen LogP contribution in [0, 0.1) is 3.57 Å². The molecular weight excluding hydrogens is 271 g/mol. The number of ether oxygens (including phenoxy) is 1. The highest BCUT2D eigenvalue weighted by atomic mass is 127. The summed E-state index contributed by atoms with van der Waals surface area (Å²) >= 11 is 2.07. The van der Waals surface area contributed by atoms with Crippen LogP contribution in [0.2, 0.25) is 0 Å². The summed E-state index contributed by atoms with van der Waals surface area (Å²) in [5, 5.41) is 0. The lowest BCUT2D eigenvalue weighted by atomic mass is 10.2. The van der Waals surface area contributed by atoms with Crippen molar-refractivity contribution in [1.29, 1.82) is 0 Å². The lowest BCUT2D eigenvalue weighted by Crippen LogP contribution is -2.03. The molecule has 0 fully saturated rings. The van der Waals surface area contributed by atoms with Crippen LogP contribution in [0.25, 0.3) is 0 Å². The molecule has 1 rings (SSSR count). The van der Waals surface area contributed by atoms with Gasteiger partial charge in [-0.05, 0) is 40.8 Å². The first-order valence-corrected chi connectivity index (χ1v) is 4.22. The van der Waals surface area contributed by atoms with E-state index in [1.807, 2.05) is 6.07 Å². The molecular formula is C8H5IO3. The highest BCUT2D eigenvalue weighted by molar-refractivity contribution is 14.1. The van der Waals surface area contributed by atoms with Gasteiger partial charge in [0.1, 0.15) is 0 Å². The number of rotatable bonds is 2. The number of hydrogen-bond donors (Lipinski definition) is 0. The monoisotopic (exact) mass is 276 g/mol. The minimum absolute atomic E-state index is 0.127. The van der Waals surface area contributed by atoms with Gasteiger partial charge < -0.3 is 4.74 Å². The number of esters is 1. The van der Waals surface area contributed by atoms with Crippen molar-refractivity contribution in [3.8, 4) is 0 Å². The standard InChI is InChI=1S/C8H5IO3/c9-7-3-1-2-6(4-7)8(11)12-5-10/h1-5H. The van der Waals surface area contributed by atoms with E-state index in [1.54, 1.807) is 18.2 Å². The van der Waals surface area contributed by atoms with Gasteiger partial charge in [-0.2, -0.15) is 0 Å². The van der Waals surface area contributed by atoms with Gasteiger partial charge in [-0.25, -0.2) is 4.79 Å². The zero-order valence-corrected chi connectivity index (χ0v) is 8.15. The van der Waals surface area contributed by atoms with Crippen LogP contribution in [-0.4, -0.2) is 12.4 Å². The molecule has 0 bridgehead atoms. The molecule has 1 aromatic carbocycles. The Hall–Kier alpha value is -0.910. The van der Waals surface area contributed by atoms with E-state index >= 15 is 0 Å². The quantitative estimate of drug-likeness (QED) is 0.356. The van der Waals surface area contributed by atoms with Gasteiger partial charge in [-0.3, -0.25) is 4.79 Å². The maximum atomic E-state index is 10.9. The van der Waals surface area contributed by atoms with Crippen LogP contribution in [0.1, 0.15) is 10.4 Å². The van der Waals surface area contributed by atoms with Gasteiger partial charge in [0.25, 0.3) is 0 Å². The summed E-state index contributed by atoms with van der Waals surface area (Å²) in [5.74, 6) is -0.622. The molecule has 0 N–H and O–H groups in total. The van der Waals surface area contributed by atoms with Crippen molar-refractivity contribution < 1.29 is 14.3 Å². The van der Waals surface area contributed by atoms with Gasteiger partial charge in [0.15, 0.2) is 0 Å². The van der Waals surface area contributed by atoms with Gasteiger partial charge in [0, 0.05) is 3.57 Å². The fourth-order valence-electron chi connectivity index (χ4n) is 0.727. The highest BCUT2D eigenvalue weighted by Gasteiger charge is 2.05. The lowest BCUT2D eigenvalue weighted by Gasteiger charge is -1.96. The lowest BCUT2D eigenvalue weighted by molar-refractivity contribution is -0.123. The van der Waals surface area contributed by atoms with Gasteiger partial charge in [0.05, 0.1) is 5.56 Å². The molecule has 0 aliphatic carbocycles. The SMILES string of the molecule is O=COC(=O)c1cccc(I)c1. The zero-order chi connectivity index (χ0) is 8.97. The molecule has 1 aromatic rings. The molecule has 0 aromatic heterocycles. The Labute approximate surface area is 82.9 Å². The van der Waals surface area contributed by atoms with Gasteiger partial charge in [0.2, 0.25) is 0 Å². The fourth-order valence-corrected chi connectivity index (χ4v) is 1.27. The molecule has 4 heteroatoms. The summed E-state index contributed by atoms with van der Waals surface area (Å²) in [4.78, 5) is 20.8. The van der Waals surface area contributed by atoms with E-state index in [2.05, 4.69) is 27.3 Å². The summed E-state index contributed by atoms with van der Waals surface area (Å²) in [7, 11) is 0. The Morgan fingerprint density at radius 1 is 1.50 bits per heavy atom. The van der Waals surface area contributed by atoms with E-state index in [0.29, 0.717) is 5.56 Å². The van der Waals surface area contributed by atoms with Crippen LogP contribution in [0.4, 0.5) is 0 Å². The van der Waals surface area contributed by atoms with Crippen molar-refractivity contribution in [3.05, 3.63) is 33.4 Å². The number of carbonyl (C=O) groups is 2. The third kappa shape index (κ3) is 2.30. The van der Waals surface area contributed by atoms with Gasteiger partial charge >= 0.3 is 12.4 Å². The van der Waals surface area contributed by atoms with E-state index in [9.17, 15) is 9.59 Å². The normalized spacial score (nSPS) is 9.08. The first-order chi connectivity index (χ1) is 5.74. The van der Waals surface area contributed by atoms with Gasteiger partial charge in [-0.15, -0.1) is 0 Å². The average molecular weight is 276 g/mol. The average Bonchev–Trinajstić information content (AvgIpc) is 2.05. The fraction of sp³-hybridized carbons (Fsp3) is 0. The van der Waals surface area contributed by atoms with Crippen LogP contribution >= 0.6 is 22.6 Å². The molecule has 62 valence electrons. The maximum Gasteiger partial charge on any atom is 0.345 e. The van der Waals surface area contributed by atoms with Gasteiger partial charge in [-0.1, -0.05) is 6.07 Å². The Balaban J connectivity index is 2.87. The minimum atomic E-state index is -0.622. The zero-order valence-electron chi connectivity index (χ0n) is 5.99. The van der Waals surface area contributed by atoms with E-state index in [4.69, 9.17) is 0 Å². The van der Waals surface area contributed by atoms with E-state index < -0.39 is 5.97 Å². The maximum absolute atomic E-state index is 10.9. The highest BCUT2D eigenvalue weighted by Crippen LogP contribution is 2.08. The van der Waals surface area contributed by atoms with Crippen LogP contribution in [0.15, 0.2) is 24.3 Å². The van der Waals surface area contributed by atoms with Crippen molar-refractivity contribution in [2.75, 3.05) is 0 Å². The first kappa shape index (κ1) is 9.18. The van der Waals surface area contributed by atoms with E-state index in [1.165, 1.54) is 0 Å². The van der Waals surface area contributed by atoms with Crippen LogP contribution in [0.3, 0.4) is 0 Å². The van der Waals surface area contributed by atoms with Crippen LogP contribution in [0.5, 0.6) is 0 Å². The molecule has 0 spiro atoms. The van der Waals surface area contributed by atoms with Crippen molar-refractivity contribution in [3.63, 3.8) is 0 Å². The number of halogens is 1. The minimum Gasteiger partial charge on any atom is -0.392 e. The number of carbonyl (C=O) groups excluding carboxylic acids is 2. The molecule has 0 amide bonds. The largest absolute Gasteiger partial charge is 0.392 e. The second-order valence-electron chi connectivity index (χ2n) is 2.01. The summed E-state index contributed by atoms with van der Waals surface area (Å²) < 4.78 is 5.08. The molecule has 0 saturated carbocycles. The van der Waals surface area contributed by atoms with Crippen molar-refractivity contribution in [2.45, 2.75) is 0 Å². The predicted octanol–water partition coefficient (Wildman–Crippen LogP) is 1.60. The Kier molecular flexibility index (Phi) is 3.21. The predicted molar refractivity (Wildman–Crippen MR) is 50.6 cm³/mol. The molecule has 0 aliphatic rings. The topological polar surface area (TPSA) is 43.4 Å². The first-order valence-electron chi connectivity index (χ1n) is 3.14. The molecule has 12 heavy (non-hydrogen) atoms. The second kappa shape index (κ2) is 4.20. The molecule has 0 atom stereocenters. The third-order valence-electron chi connectivity index (χ3n) is 1.22. The Morgan fingerprint density at radius 3 is 2.83 bits per heavy atom. The molecule has 3 nitrogen and oxygen atoms in total. The van der Waals surface area contributed by atoms with Crippen molar-refractivity contribution >= 4 is 35.0 Å². The summed E-state index contributed by atoms with van der Waals surface area (Å²) in [5.41, 5.74) is 0.383. The third-order valence-corrected chi connectivity index (χ3v) is 1.89. The summed E-state index contributed by atoms with van der Waals surface area (Å²) in [6, 6.07) is 6.81. The van der Waals surface area contributed by atoms with E-state index in [0.717, 1.165) is 3.57 Å². The molecule has 0 heterocycles. The summed E-state index contributed by atoms with van der Waals surface area (Å²) in [6.45, 7) is 0.127. The second-order valence-corrected chi connectivity index (χ2v) is 3.26.